The quantitative estimate of drug-likeness (QED) is 0.546. The first kappa shape index (κ1) is 15.4. The molecule has 0 aliphatic heterocycles. The Bertz CT molecular complexity index is 716. The fourth-order valence-corrected chi connectivity index (χ4v) is 2.82. The van der Waals surface area contributed by atoms with E-state index in [2.05, 4.69) is 0 Å². The second kappa shape index (κ2) is 5.78. The van der Waals surface area contributed by atoms with E-state index in [1.807, 2.05) is 0 Å². The summed E-state index contributed by atoms with van der Waals surface area (Å²) in [5.41, 5.74) is -0.442. The van der Waals surface area contributed by atoms with Gasteiger partial charge in [0.15, 0.2) is 0 Å². The summed E-state index contributed by atoms with van der Waals surface area (Å²) in [6.45, 7) is 0. The summed E-state index contributed by atoms with van der Waals surface area (Å²) in [5.74, 6) is -2.33. The third kappa shape index (κ3) is 2.59. The second-order valence-electron chi connectivity index (χ2n) is 3.82. The minimum absolute atomic E-state index is 0.0212. The normalized spacial score (nSPS) is 10.7. The number of hydrogen-bond acceptors (Lipinski definition) is 1. The van der Waals surface area contributed by atoms with Crippen LogP contribution in [0.25, 0.3) is 11.1 Å². The third-order valence-corrected chi connectivity index (χ3v) is 4.17. The molecule has 104 valence electrons. The summed E-state index contributed by atoms with van der Waals surface area (Å²) >= 11 is 23.7. The van der Waals surface area contributed by atoms with Crippen LogP contribution in [0.2, 0.25) is 20.1 Å². The Morgan fingerprint density at radius 1 is 1.05 bits per heavy atom. The molecule has 20 heavy (non-hydrogen) atoms. The minimum Gasteiger partial charge on any atom is -0.478 e. The van der Waals surface area contributed by atoms with Gasteiger partial charge >= 0.3 is 5.97 Å². The molecule has 0 aliphatic rings. The van der Waals surface area contributed by atoms with Crippen molar-refractivity contribution in [3.63, 3.8) is 0 Å². The summed E-state index contributed by atoms with van der Waals surface area (Å²) < 4.78 is 14.2. The highest BCUT2D eigenvalue weighted by atomic mass is 35.5. The topological polar surface area (TPSA) is 37.3 Å². The lowest BCUT2D eigenvalue weighted by Gasteiger charge is -2.12. The molecule has 0 aliphatic carbocycles. The van der Waals surface area contributed by atoms with Gasteiger partial charge < -0.3 is 5.11 Å². The summed E-state index contributed by atoms with van der Waals surface area (Å²) in [4.78, 5) is 10.9. The number of aromatic carboxylic acids is 1. The van der Waals surface area contributed by atoms with Crippen LogP contribution in [0.5, 0.6) is 0 Å². The van der Waals surface area contributed by atoms with Crippen molar-refractivity contribution < 1.29 is 14.3 Å². The number of benzene rings is 2. The van der Waals surface area contributed by atoms with Gasteiger partial charge in [-0.2, -0.15) is 0 Å². The van der Waals surface area contributed by atoms with Gasteiger partial charge in [-0.05, 0) is 12.1 Å². The first-order chi connectivity index (χ1) is 9.34. The Hall–Kier alpha value is -1.000. The second-order valence-corrected chi connectivity index (χ2v) is 5.39. The maximum Gasteiger partial charge on any atom is 0.338 e. The Labute approximate surface area is 133 Å². The zero-order valence-corrected chi connectivity index (χ0v) is 12.6. The molecule has 0 radical (unpaired) electrons. The average Bonchev–Trinajstić information content (AvgIpc) is 2.37. The number of halogens is 5. The van der Waals surface area contributed by atoms with E-state index in [9.17, 15) is 9.18 Å². The van der Waals surface area contributed by atoms with Gasteiger partial charge in [-0.3, -0.25) is 0 Å². The highest BCUT2D eigenvalue weighted by Crippen LogP contribution is 2.44. The third-order valence-electron chi connectivity index (χ3n) is 2.61. The predicted molar refractivity (Wildman–Crippen MR) is 78.8 cm³/mol. The molecule has 2 aromatic rings. The van der Waals surface area contributed by atoms with E-state index in [1.54, 1.807) is 0 Å². The molecule has 0 atom stereocenters. The molecule has 2 rings (SSSR count). The molecule has 0 bridgehead atoms. The number of hydrogen-bond donors (Lipinski definition) is 1. The van der Waals surface area contributed by atoms with Gasteiger partial charge in [0.1, 0.15) is 5.82 Å². The number of rotatable bonds is 2. The van der Waals surface area contributed by atoms with Crippen LogP contribution in [0.1, 0.15) is 10.4 Å². The molecular weight excluding hydrogens is 349 g/mol. The summed E-state index contributed by atoms with van der Waals surface area (Å²) in [5, 5.41) is 9.11. The van der Waals surface area contributed by atoms with E-state index in [1.165, 1.54) is 18.2 Å². The van der Waals surface area contributed by atoms with Crippen LogP contribution in [0.3, 0.4) is 0 Å². The van der Waals surface area contributed by atoms with Gasteiger partial charge in [0.25, 0.3) is 0 Å². The van der Waals surface area contributed by atoms with Crippen LogP contribution in [0.4, 0.5) is 4.39 Å². The molecule has 0 spiro atoms. The average molecular weight is 354 g/mol. The molecule has 0 saturated carbocycles. The smallest absolute Gasteiger partial charge is 0.338 e. The largest absolute Gasteiger partial charge is 0.478 e. The maximum absolute atomic E-state index is 14.2. The van der Waals surface area contributed by atoms with Crippen molar-refractivity contribution in [1.82, 2.24) is 0 Å². The van der Waals surface area contributed by atoms with Gasteiger partial charge in [0.05, 0.1) is 25.7 Å². The van der Waals surface area contributed by atoms with E-state index in [0.717, 1.165) is 6.07 Å². The fourth-order valence-electron chi connectivity index (χ4n) is 1.70. The van der Waals surface area contributed by atoms with Crippen molar-refractivity contribution in [2.45, 2.75) is 0 Å². The monoisotopic (exact) mass is 352 g/mol. The van der Waals surface area contributed by atoms with Crippen LogP contribution >= 0.6 is 46.4 Å². The van der Waals surface area contributed by atoms with Crippen LogP contribution in [0, 0.1) is 5.82 Å². The zero-order valence-electron chi connectivity index (χ0n) is 9.55. The van der Waals surface area contributed by atoms with Crippen molar-refractivity contribution in [1.29, 1.82) is 0 Å². The van der Waals surface area contributed by atoms with Gasteiger partial charge in [-0.1, -0.05) is 58.5 Å². The highest BCUT2D eigenvalue weighted by Gasteiger charge is 2.21. The first-order valence-electron chi connectivity index (χ1n) is 5.19. The van der Waals surface area contributed by atoms with Gasteiger partial charge in [0, 0.05) is 11.1 Å². The van der Waals surface area contributed by atoms with Crippen molar-refractivity contribution >= 4 is 52.4 Å². The van der Waals surface area contributed by atoms with E-state index >= 15 is 0 Å². The minimum atomic E-state index is -1.39. The fraction of sp³-hybridized carbons (Fsp3) is 0. The van der Waals surface area contributed by atoms with E-state index in [0.29, 0.717) is 0 Å². The lowest BCUT2D eigenvalue weighted by Crippen LogP contribution is -2.02. The Morgan fingerprint density at radius 3 is 2.30 bits per heavy atom. The van der Waals surface area contributed by atoms with E-state index < -0.39 is 17.3 Å². The Balaban J connectivity index is 2.79. The zero-order chi connectivity index (χ0) is 15.0. The standard InChI is InChI=1S/C13H5Cl4FO2/c14-7-4-8(15)10(16)11(17)9(7)5-2-1-3-6(12(5)18)13(19)20/h1-4H,(H,19,20). The van der Waals surface area contributed by atoms with Gasteiger partial charge in [-0.25, -0.2) is 9.18 Å². The summed E-state index contributed by atoms with van der Waals surface area (Å²) in [7, 11) is 0. The predicted octanol–water partition coefficient (Wildman–Crippen LogP) is 5.80. The SMILES string of the molecule is O=C(O)c1cccc(-c2c(Cl)cc(Cl)c(Cl)c2Cl)c1F. The van der Waals surface area contributed by atoms with Crippen LogP contribution in [0.15, 0.2) is 24.3 Å². The lowest BCUT2D eigenvalue weighted by atomic mass is 10.0. The van der Waals surface area contributed by atoms with Crippen molar-refractivity contribution in [3.05, 3.63) is 55.7 Å². The van der Waals surface area contributed by atoms with Crippen molar-refractivity contribution in [2.75, 3.05) is 0 Å². The van der Waals surface area contributed by atoms with E-state index in [-0.39, 0.29) is 31.2 Å². The van der Waals surface area contributed by atoms with Gasteiger partial charge in [-0.15, -0.1) is 0 Å². The van der Waals surface area contributed by atoms with Crippen LogP contribution in [-0.2, 0) is 0 Å². The molecule has 0 fully saturated rings. The lowest BCUT2D eigenvalue weighted by molar-refractivity contribution is 0.0692. The van der Waals surface area contributed by atoms with Crippen LogP contribution < -0.4 is 0 Å². The highest BCUT2D eigenvalue weighted by molar-refractivity contribution is 6.51. The molecule has 0 saturated heterocycles. The Kier molecular flexibility index (Phi) is 4.45. The maximum atomic E-state index is 14.2. The van der Waals surface area contributed by atoms with Crippen molar-refractivity contribution in [3.8, 4) is 11.1 Å². The van der Waals surface area contributed by atoms with Crippen LogP contribution in [-0.4, -0.2) is 11.1 Å². The first-order valence-corrected chi connectivity index (χ1v) is 6.71. The summed E-state index contributed by atoms with van der Waals surface area (Å²) in [6.07, 6.45) is 0. The van der Waals surface area contributed by atoms with Crippen molar-refractivity contribution in [2.24, 2.45) is 0 Å². The molecule has 0 heterocycles. The van der Waals surface area contributed by atoms with E-state index in [4.69, 9.17) is 51.5 Å². The number of carboxylic acids is 1. The molecule has 2 nitrogen and oxygen atoms in total. The molecule has 1 N–H and O–H groups in total. The van der Waals surface area contributed by atoms with Gasteiger partial charge in [0.2, 0.25) is 0 Å². The molecule has 0 amide bonds. The molecule has 0 unspecified atom stereocenters. The molecule has 2 aromatic carbocycles. The Morgan fingerprint density at radius 2 is 1.70 bits per heavy atom. The molecule has 0 aromatic heterocycles. The molecule has 7 heteroatoms. The number of carbonyl (C=O) groups is 1. The summed E-state index contributed by atoms with van der Waals surface area (Å²) in [6, 6.07) is 5.20. The molecular formula is C13H5Cl4FO2. The number of carboxylic acid groups (broad SMARTS) is 1.